The van der Waals surface area contributed by atoms with Gasteiger partial charge in [-0.25, -0.2) is 9.18 Å². The number of rotatable bonds is 3. The van der Waals surface area contributed by atoms with Crippen LogP contribution in [0.2, 0.25) is 0 Å². The standard InChI is InChI=1S/C19H13FO4/c20-17-11-14(12-1-6-15(21)7-2-12)5-10-18(17)24-19(23)13-3-8-16(22)9-4-13/h1-11,21-22H. The molecule has 3 aromatic rings. The molecule has 0 spiro atoms. The molecule has 0 aliphatic rings. The average molecular weight is 324 g/mol. The molecule has 0 unspecified atom stereocenters. The van der Waals surface area contributed by atoms with E-state index < -0.39 is 11.8 Å². The quantitative estimate of drug-likeness (QED) is 0.562. The van der Waals surface area contributed by atoms with E-state index in [1.165, 1.54) is 48.5 Å². The summed E-state index contributed by atoms with van der Waals surface area (Å²) in [6.07, 6.45) is 0. The molecule has 0 amide bonds. The van der Waals surface area contributed by atoms with E-state index in [0.29, 0.717) is 5.56 Å². The Bertz CT molecular complexity index is 871. The molecule has 0 fully saturated rings. The molecule has 0 aliphatic carbocycles. The highest BCUT2D eigenvalue weighted by Gasteiger charge is 2.13. The summed E-state index contributed by atoms with van der Waals surface area (Å²) in [5.41, 5.74) is 1.52. The van der Waals surface area contributed by atoms with Crippen molar-refractivity contribution in [1.29, 1.82) is 0 Å². The number of esters is 1. The summed E-state index contributed by atoms with van der Waals surface area (Å²) < 4.78 is 19.2. The maximum Gasteiger partial charge on any atom is 0.343 e. The molecule has 2 N–H and O–H groups in total. The van der Waals surface area contributed by atoms with Gasteiger partial charge in [-0.3, -0.25) is 0 Å². The topological polar surface area (TPSA) is 66.8 Å². The summed E-state index contributed by atoms with van der Waals surface area (Å²) in [6, 6.07) is 16.1. The third-order valence-corrected chi connectivity index (χ3v) is 3.44. The van der Waals surface area contributed by atoms with E-state index in [-0.39, 0.29) is 22.8 Å². The Morgan fingerprint density at radius 2 is 1.33 bits per heavy atom. The molecule has 0 saturated heterocycles. The number of benzene rings is 3. The number of aromatic hydroxyl groups is 2. The van der Waals surface area contributed by atoms with Crippen LogP contribution in [0.25, 0.3) is 11.1 Å². The highest BCUT2D eigenvalue weighted by molar-refractivity contribution is 5.91. The molecule has 0 heterocycles. The van der Waals surface area contributed by atoms with E-state index in [2.05, 4.69) is 0 Å². The van der Waals surface area contributed by atoms with Crippen LogP contribution >= 0.6 is 0 Å². The van der Waals surface area contributed by atoms with Gasteiger partial charge in [-0.1, -0.05) is 18.2 Å². The van der Waals surface area contributed by atoms with Crippen LogP contribution in [0.5, 0.6) is 17.2 Å². The second kappa shape index (κ2) is 6.42. The van der Waals surface area contributed by atoms with Gasteiger partial charge in [0.2, 0.25) is 0 Å². The van der Waals surface area contributed by atoms with Gasteiger partial charge in [0, 0.05) is 0 Å². The van der Waals surface area contributed by atoms with Crippen LogP contribution in [0, 0.1) is 5.82 Å². The number of phenols is 2. The van der Waals surface area contributed by atoms with E-state index >= 15 is 0 Å². The van der Waals surface area contributed by atoms with E-state index in [4.69, 9.17) is 4.74 Å². The van der Waals surface area contributed by atoms with Gasteiger partial charge in [-0.15, -0.1) is 0 Å². The van der Waals surface area contributed by atoms with Gasteiger partial charge >= 0.3 is 5.97 Å². The van der Waals surface area contributed by atoms with E-state index in [9.17, 15) is 19.4 Å². The Morgan fingerprint density at radius 1 is 0.792 bits per heavy atom. The zero-order chi connectivity index (χ0) is 17.1. The smallest absolute Gasteiger partial charge is 0.343 e. The molecule has 3 aromatic carbocycles. The Kier molecular flexibility index (Phi) is 4.16. The third kappa shape index (κ3) is 3.35. The molecule has 24 heavy (non-hydrogen) atoms. The lowest BCUT2D eigenvalue weighted by Gasteiger charge is -2.08. The lowest BCUT2D eigenvalue weighted by Crippen LogP contribution is -2.09. The SMILES string of the molecule is O=C(Oc1ccc(-c2ccc(O)cc2)cc1F)c1ccc(O)cc1. The third-order valence-electron chi connectivity index (χ3n) is 3.44. The van der Waals surface area contributed by atoms with Crippen molar-refractivity contribution < 1.29 is 24.1 Å². The second-order valence-corrected chi connectivity index (χ2v) is 5.13. The van der Waals surface area contributed by atoms with Crippen molar-refractivity contribution >= 4 is 5.97 Å². The Hall–Kier alpha value is -3.34. The van der Waals surface area contributed by atoms with E-state index in [1.807, 2.05) is 0 Å². The fourth-order valence-corrected chi connectivity index (χ4v) is 2.17. The summed E-state index contributed by atoms with van der Waals surface area (Å²) >= 11 is 0. The molecule has 4 nitrogen and oxygen atoms in total. The minimum Gasteiger partial charge on any atom is -0.508 e. The number of hydrogen-bond donors (Lipinski definition) is 2. The molecule has 0 bridgehead atoms. The van der Waals surface area contributed by atoms with Crippen molar-refractivity contribution in [3.63, 3.8) is 0 Å². The van der Waals surface area contributed by atoms with Crippen molar-refractivity contribution in [3.8, 4) is 28.4 Å². The highest BCUT2D eigenvalue weighted by Crippen LogP contribution is 2.27. The van der Waals surface area contributed by atoms with Crippen LogP contribution in [-0.2, 0) is 0 Å². The number of hydrogen-bond acceptors (Lipinski definition) is 4. The molecule has 0 saturated carbocycles. The molecule has 0 atom stereocenters. The lowest BCUT2D eigenvalue weighted by molar-refractivity contribution is 0.0728. The zero-order valence-corrected chi connectivity index (χ0v) is 12.4. The normalized spacial score (nSPS) is 10.4. The summed E-state index contributed by atoms with van der Waals surface area (Å²) in [6.45, 7) is 0. The average Bonchev–Trinajstić information content (AvgIpc) is 2.58. The van der Waals surface area contributed by atoms with Gasteiger partial charge in [-0.05, 0) is 59.7 Å². The molecular formula is C19H13FO4. The maximum atomic E-state index is 14.2. The zero-order valence-electron chi connectivity index (χ0n) is 12.4. The van der Waals surface area contributed by atoms with Gasteiger partial charge < -0.3 is 14.9 Å². The van der Waals surface area contributed by atoms with Gasteiger partial charge in [-0.2, -0.15) is 0 Å². The predicted molar refractivity (Wildman–Crippen MR) is 86.6 cm³/mol. The van der Waals surface area contributed by atoms with Crippen LogP contribution in [0.4, 0.5) is 4.39 Å². The van der Waals surface area contributed by atoms with Gasteiger partial charge in [0.1, 0.15) is 11.5 Å². The summed E-state index contributed by atoms with van der Waals surface area (Å²) in [5.74, 6) is -1.43. The van der Waals surface area contributed by atoms with Gasteiger partial charge in [0.15, 0.2) is 11.6 Å². The van der Waals surface area contributed by atoms with Crippen molar-refractivity contribution in [2.45, 2.75) is 0 Å². The number of carbonyl (C=O) groups excluding carboxylic acids is 1. The van der Waals surface area contributed by atoms with Crippen molar-refractivity contribution in [2.24, 2.45) is 0 Å². The van der Waals surface area contributed by atoms with Crippen LogP contribution in [0.15, 0.2) is 66.7 Å². The fourth-order valence-electron chi connectivity index (χ4n) is 2.17. The molecule has 0 aromatic heterocycles. The first kappa shape index (κ1) is 15.6. The summed E-state index contributed by atoms with van der Waals surface area (Å²) in [5, 5.41) is 18.5. The van der Waals surface area contributed by atoms with E-state index in [1.54, 1.807) is 18.2 Å². The first-order valence-corrected chi connectivity index (χ1v) is 7.13. The number of ether oxygens (including phenoxy) is 1. The monoisotopic (exact) mass is 324 g/mol. The van der Waals surface area contributed by atoms with Crippen LogP contribution in [-0.4, -0.2) is 16.2 Å². The summed E-state index contributed by atoms with van der Waals surface area (Å²) in [7, 11) is 0. The largest absolute Gasteiger partial charge is 0.508 e. The summed E-state index contributed by atoms with van der Waals surface area (Å²) in [4.78, 5) is 12.0. The Labute approximate surface area is 137 Å². The van der Waals surface area contributed by atoms with Crippen LogP contribution in [0.1, 0.15) is 10.4 Å². The van der Waals surface area contributed by atoms with Crippen molar-refractivity contribution in [1.82, 2.24) is 0 Å². The predicted octanol–water partition coefficient (Wildman–Crippen LogP) is 4.12. The number of carbonyl (C=O) groups is 1. The molecule has 0 aliphatic heterocycles. The molecular weight excluding hydrogens is 311 g/mol. The fraction of sp³-hybridized carbons (Fsp3) is 0. The van der Waals surface area contributed by atoms with Crippen LogP contribution in [0.3, 0.4) is 0 Å². The number of halogens is 1. The second-order valence-electron chi connectivity index (χ2n) is 5.13. The molecule has 3 rings (SSSR count). The molecule has 0 radical (unpaired) electrons. The number of phenolic OH excluding ortho intramolecular Hbond substituents is 2. The van der Waals surface area contributed by atoms with E-state index in [0.717, 1.165) is 5.56 Å². The highest BCUT2D eigenvalue weighted by atomic mass is 19.1. The Balaban J connectivity index is 1.81. The van der Waals surface area contributed by atoms with Gasteiger partial charge in [0.25, 0.3) is 0 Å². The molecule has 5 heteroatoms. The maximum absolute atomic E-state index is 14.2. The first-order chi connectivity index (χ1) is 11.5. The van der Waals surface area contributed by atoms with Crippen LogP contribution < -0.4 is 4.74 Å². The van der Waals surface area contributed by atoms with Gasteiger partial charge in [0.05, 0.1) is 5.56 Å². The lowest BCUT2D eigenvalue weighted by atomic mass is 10.1. The van der Waals surface area contributed by atoms with Crippen molar-refractivity contribution in [2.75, 3.05) is 0 Å². The minimum atomic E-state index is -0.716. The molecule has 120 valence electrons. The Morgan fingerprint density at radius 3 is 1.92 bits per heavy atom. The van der Waals surface area contributed by atoms with Crippen molar-refractivity contribution in [3.05, 3.63) is 78.1 Å². The minimum absolute atomic E-state index is 0.0241. The first-order valence-electron chi connectivity index (χ1n) is 7.13.